The summed E-state index contributed by atoms with van der Waals surface area (Å²) in [5, 5.41) is 0. The van der Waals surface area contributed by atoms with E-state index in [1.54, 1.807) is 23.1 Å². The molecular weight excluding hydrogens is 278 g/mol. The normalized spacial score (nSPS) is 13.3. The van der Waals surface area contributed by atoms with E-state index >= 15 is 0 Å². The Balaban J connectivity index is 1.99. The van der Waals surface area contributed by atoms with E-state index in [4.69, 9.17) is 4.74 Å². The number of fused-ring (bicyclic) bond motifs is 1. The van der Waals surface area contributed by atoms with E-state index in [0.717, 1.165) is 5.56 Å². The average molecular weight is 295 g/mol. The minimum Gasteiger partial charge on any atom is -0.490 e. The first-order valence-corrected chi connectivity index (χ1v) is 7.22. The molecule has 2 aromatic rings. The van der Waals surface area contributed by atoms with Gasteiger partial charge in [0.25, 0.3) is 5.91 Å². The number of hydrogen-bond donors (Lipinski definition) is 0. The highest BCUT2D eigenvalue weighted by Gasteiger charge is 2.25. The van der Waals surface area contributed by atoms with Crippen molar-refractivity contribution in [3.05, 3.63) is 59.2 Å². The van der Waals surface area contributed by atoms with Gasteiger partial charge >= 0.3 is 0 Å². The van der Waals surface area contributed by atoms with Gasteiger partial charge in [0.2, 0.25) is 0 Å². The van der Waals surface area contributed by atoms with Gasteiger partial charge in [-0.3, -0.25) is 9.59 Å². The molecule has 1 amide bonds. The monoisotopic (exact) mass is 295 g/mol. The molecule has 0 bridgehead atoms. The largest absolute Gasteiger partial charge is 0.490 e. The van der Waals surface area contributed by atoms with Crippen LogP contribution in [0.4, 0.5) is 5.69 Å². The van der Waals surface area contributed by atoms with E-state index in [1.807, 2.05) is 31.2 Å². The van der Waals surface area contributed by atoms with Crippen LogP contribution in [0.3, 0.4) is 0 Å². The second kappa shape index (κ2) is 5.64. The molecule has 0 saturated heterocycles. The van der Waals surface area contributed by atoms with Crippen molar-refractivity contribution in [2.45, 2.75) is 13.8 Å². The maximum absolute atomic E-state index is 12.7. The molecule has 0 N–H and O–H groups in total. The summed E-state index contributed by atoms with van der Waals surface area (Å²) in [7, 11) is 0. The first-order valence-electron chi connectivity index (χ1n) is 7.22. The van der Waals surface area contributed by atoms with E-state index in [-0.39, 0.29) is 11.7 Å². The van der Waals surface area contributed by atoms with E-state index < -0.39 is 0 Å². The third kappa shape index (κ3) is 2.60. The fraction of sp³-hybridized carbons (Fsp3) is 0.222. The number of anilines is 1. The van der Waals surface area contributed by atoms with Crippen molar-refractivity contribution in [3.63, 3.8) is 0 Å². The van der Waals surface area contributed by atoms with Crippen LogP contribution >= 0.6 is 0 Å². The van der Waals surface area contributed by atoms with Gasteiger partial charge in [-0.25, -0.2) is 0 Å². The van der Waals surface area contributed by atoms with Gasteiger partial charge in [0.15, 0.2) is 5.78 Å². The second-order valence-electron chi connectivity index (χ2n) is 5.41. The number of nitrogens with zero attached hydrogens (tertiary/aromatic N) is 1. The minimum atomic E-state index is -0.0785. The quantitative estimate of drug-likeness (QED) is 0.799. The maximum atomic E-state index is 12.7. The van der Waals surface area contributed by atoms with Crippen molar-refractivity contribution in [3.8, 4) is 5.75 Å². The molecule has 1 aliphatic rings. The Hall–Kier alpha value is -2.62. The van der Waals surface area contributed by atoms with Gasteiger partial charge in [-0.15, -0.1) is 0 Å². The summed E-state index contributed by atoms with van der Waals surface area (Å²) in [5.74, 6) is 0.526. The van der Waals surface area contributed by atoms with Crippen LogP contribution in [0.25, 0.3) is 0 Å². The second-order valence-corrected chi connectivity index (χ2v) is 5.41. The number of amides is 1. The van der Waals surface area contributed by atoms with Gasteiger partial charge in [-0.2, -0.15) is 0 Å². The SMILES string of the molecule is CC(=O)c1ccc2c(c1)N(C(=O)c1ccc(C)cc1)CCO2. The molecule has 3 rings (SSSR count). The Morgan fingerprint density at radius 2 is 1.73 bits per heavy atom. The number of aryl methyl sites for hydroxylation is 1. The van der Waals surface area contributed by atoms with Crippen LogP contribution in [-0.2, 0) is 0 Å². The summed E-state index contributed by atoms with van der Waals surface area (Å²) in [6.45, 7) is 4.42. The fourth-order valence-corrected chi connectivity index (χ4v) is 2.50. The number of Topliss-reactive ketones (excluding diaryl/α,β-unsaturated/α-hetero) is 1. The van der Waals surface area contributed by atoms with Crippen LogP contribution < -0.4 is 9.64 Å². The molecule has 0 saturated carbocycles. The van der Waals surface area contributed by atoms with Crippen molar-refractivity contribution < 1.29 is 14.3 Å². The van der Waals surface area contributed by atoms with Crippen LogP contribution in [0.2, 0.25) is 0 Å². The summed E-state index contributed by atoms with van der Waals surface area (Å²) in [6, 6.07) is 12.7. The zero-order valence-corrected chi connectivity index (χ0v) is 12.6. The summed E-state index contributed by atoms with van der Waals surface area (Å²) < 4.78 is 5.59. The highest BCUT2D eigenvalue weighted by atomic mass is 16.5. The van der Waals surface area contributed by atoms with Gasteiger partial charge in [-0.1, -0.05) is 17.7 Å². The lowest BCUT2D eigenvalue weighted by Crippen LogP contribution is -2.38. The molecule has 2 aromatic carbocycles. The predicted octanol–water partition coefficient (Wildman–Crippen LogP) is 3.24. The summed E-state index contributed by atoms with van der Waals surface area (Å²) in [6.07, 6.45) is 0. The lowest BCUT2D eigenvalue weighted by atomic mass is 10.1. The zero-order valence-electron chi connectivity index (χ0n) is 12.6. The molecule has 0 radical (unpaired) electrons. The van der Waals surface area contributed by atoms with Crippen LogP contribution in [0.5, 0.6) is 5.75 Å². The molecule has 1 heterocycles. The Morgan fingerprint density at radius 1 is 1.05 bits per heavy atom. The minimum absolute atomic E-state index is 0.0314. The van der Waals surface area contributed by atoms with Gasteiger partial charge in [0.05, 0.1) is 12.2 Å². The number of ketones is 1. The van der Waals surface area contributed by atoms with Crippen molar-refractivity contribution >= 4 is 17.4 Å². The van der Waals surface area contributed by atoms with Gasteiger partial charge < -0.3 is 9.64 Å². The lowest BCUT2D eigenvalue weighted by Gasteiger charge is -2.30. The van der Waals surface area contributed by atoms with E-state index in [1.165, 1.54) is 6.92 Å². The van der Waals surface area contributed by atoms with Crippen molar-refractivity contribution in [2.24, 2.45) is 0 Å². The number of ether oxygens (including phenoxy) is 1. The van der Waals surface area contributed by atoms with Crippen molar-refractivity contribution in [1.29, 1.82) is 0 Å². The van der Waals surface area contributed by atoms with Crippen molar-refractivity contribution in [1.82, 2.24) is 0 Å². The van der Waals surface area contributed by atoms with Crippen LogP contribution in [0, 0.1) is 6.92 Å². The topological polar surface area (TPSA) is 46.6 Å². The number of hydrogen-bond acceptors (Lipinski definition) is 3. The molecule has 4 nitrogen and oxygen atoms in total. The molecular formula is C18H17NO3. The molecule has 0 aliphatic carbocycles. The summed E-state index contributed by atoms with van der Waals surface area (Å²) in [4.78, 5) is 26.0. The molecule has 1 aliphatic heterocycles. The van der Waals surface area contributed by atoms with Gasteiger partial charge in [0, 0.05) is 11.1 Å². The molecule has 22 heavy (non-hydrogen) atoms. The summed E-state index contributed by atoms with van der Waals surface area (Å²) >= 11 is 0. The first kappa shape index (κ1) is 14.3. The van der Waals surface area contributed by atoms with Crippen LogP contribution in [0.1, 0.15) is 33.2 Å². The predicted molar refractivity (Wildman–Crippen MR) is 84.8 cm³/mol. The molecule has 0 atom stereocenters. The smallest absolute Gasteiger partial charge is 0.258 e. The number of carbonyl (C=O) groups is 2. The van der Waals surface area contributed by atoms with Crippen molar-refractivity contribution in [2.75, 3.05) is 18.1 Å². The number of benzene rings is 2. The Bertz CT molecular complexity index is 734. The first-order chi connectivity index (χ1) is 10.6. The molecule has 0 unspecified atom stereocenters. The standard InChI is InChI=1S/C18H17NO3/c1-12-3-5-14(6-4-12)18(21)19-9-10-22-17-8-7-15(13(2)20)11-16(17)19/h3-8,11H,9-10H2,1-2H3. The molecule has 0 spiro atoms. The highest BCUT2D eigenvalue weighted by Crippen LogP contribution is 2.33. The average Bonchev–Trinajstić information content (AvgIpc) is 2.53. The highest BCUT2D eigenvalue weighted by molar-refractivity contribution is 6.08. The fourth-order valence-electron chi connectivity index (χ4n) is 2.50. The third-order valence-corrected chi connectivity index (χ3v) is 3.77. The number of rotatable bonds is 2. The van der Waals surface area contributed by atoms with E-state index in [0.29, 0.717) is 35.7 Å². The lowest BCUT2D eigenvalue weighted by molar-refractivity contribution is 0.0973. The Morgan fingerprint density at radius 3 is 2.41 bits per heavy atom. The third-order valence-electron chi connectivity index (χ3n) is 3.77. The number of carbonyl (C=O) groups excluding carboxylic acids is 2. The Kier molecular flexibility index (Phi) is 3.67. The van der Waals surface area contributed by atoms with E-state index in [9.17, 15) is 9.59 Å². The van der Waals surface area contributed by atoms with Gasteiger partial charge in [0.1, 0.15) is 12.4 Å². The van der Waals surface area contributed by atoms with Gasteiger partial charge in [-0.05, 0) is 44.2 Å². The molecule has 4 heteroatoms. The van der Waals surface area contributed by atoms with Crippen LogP contribution in [0.15, 0.2) is 42.5 Å². The molecule has 0 aromatic heterocycles. The molecule has 112 valence electrons. The maximum Gasteiger partial charge on any atom is 0.258 e. The zero-order chi connectivity index (χ0) is 15.7. The summed E-state index contributed by atoms with van der Waals surface area (Å²) in [5.41, 5.74) is 2.97. The molecule has 0 fully saturated rings. The Labute approximate surface area is 129 Å². The van der Waals surface area contributed by atoms with E-state index in [2.05, 4.69) is 0 Å². The van der Waals surface area contributed by atoms with Crippen LogP contribution in [-0.4, -0.2) is 24.8 Å².